The predicted molar refractivity (Wildman–Crippen MR) is 105 cm³/mol. The molecule has 5 heteroatoms. The van der Waals surface area contributed by atoms with Crippen LogP contribution in [0.2, 0.25) is 0 Å². The van der Waals surface area contributed by atoms with Gasteiger partial charge in [-0.05, 0) is 36.2 Å². The molecule has 0 saturated heterocycles. The van der Waals surface area contributed by atoms with E-state index in [-0.39, 0.29) is 5.91 Å². The molecule has 5 nitrogen and oxygen atoms in total. The molecule has 0 aliphatic heterocycles. The van der Waals surface area contributed by atoms with E-state index in [0.717, 1.165) is 27.8 Å². The monoisotopic (exact) mass is 359 g/mol. The highest BCUT2D eigenvalue weighted by Gasteiger charge is 2.19. The van der Waals surface area contributed by atoms with E-state index in [9.17, 15) is 4.79 Å². The Kier molecular flexibility index (Phi) is 4.59. The molecule has 2 aromatic heterocycles. The number of fused-ring (bicyclic) bond motifs is 2. The van der Waals surface area contributed by atoms with Gasteiger partial charge in [0.2, 0.25) is 0 Å². The Morgan fingerprint density at radius 3 is 2.59 bits per heavy atom. The van der Waals surface area contributed by atoms with Gasteiger partial charge >= 0.3 is 0 Å². The van der Waals surface area contributed by atoms with Crippen molar-refractivity contribution in [1.29, 1.82) is 0 Å². The molecular formula is C22H21N3O2. The fourth-order valence-electron chi connectivity index (χ4n) is 3.24. The van der Waals surface area contributed by atoms with Crippen molar-refractivity contribution >= 4 is 27.9 Å². The van der Waals surface area contributed by atoms with Gasteiger partial charge in [0.1, 0.15) is 11.3 Å². The van der Waals surface area contributed by atoms with Gasteiger partial charge < -0.3 is 9.32 Å². The Morgan fingerprint density at radius 2 is 1.81 bits per heavy atom. The maximum Gasteiger partial charge on any atom is 0.254 e. The molecule has 4 aromatic rings. The molecule has 0 saturated carbocycles. The minimum Gasteiger partial charge on any atom is -0.459 e. The summed E-state index contributed by atoms with van der Waals surface area (Å²) in [7, 11) is 0. The van der Waals surface area contributed by atoms with E-state index in [1.54, 1.807) is 18.5 Å². The van der Waals surface area contributed by atoms with Crippen LogP contribution in [0, 0.1) is 5.92 Å². The van der Waals surface area contributed by atoms with Crippen LogP contribution >= 0.6 is 0 Å². The molecule has 0 aliphatic rings. The summed E-state index contributed by atoms with van der Waals surface area (Å²) >= 11 is 0. The number of hydrogen-bond acceptors (Lipinski definition) is 4. The molecule has 136 valence electrons. The highest BCUT2D eigenvalue weighted by atomic mass is 16.3. The maximum absolute atomic E-state index is 13.2. The Hall–Kier alpha value is -3.21. The lowest BCUT2D eigenvalue weighted by Gasteiger charge is -2.24. The molecule has 0 N–H and O–H groups in total. The molecule has 2 heterocycles. The average molecular weight is 359 g/mol. The molecular weight excluding hydrogens is 338 g/mol. The first kappa shape index (κ1) is 17.2. The second kappa shape index (κ2) is 7.19. The van der Waals surface area contributed by atoms with Crippen molar-refractivity contribution in [2.24, 2.45) is 5.92 Å². The van der Waals surface area contributed by atoms with Crippen molar-refractivity contribution in [3.05, 3.63) is 72.2 Å². The summed E-state index contributed by atoms with van der Waals surface area (Å²) in [4.78, 5) is 23.6. The number of aromatic nitrogens is 2. The normalized spacial score (nSPS) is 11.4. The van der Waals surface area contributed by atoms with Crippen LogP contribution in [0.4, 0.5) is 0 Å². The molecule has 0 unspecified atom stereocenters. The van der Waals surface area contributed by atoms with E-state index < -0.39 is 0 Å². The van der Waals surface area contributed by atoms with Gasteiger partial charge in [0, 0.05) is 29.9 Å². The van der Waals surface area contributed by atoms with E-state index in [1.807, 2.05) is 47.4 Å². The van der Waals surface area contributed by atoms with Gasteiger partial charge in [-0.1, -0.05) is 32.0 Å². The van der Waals surface area contributed by atoms with Crippen LogP contribution in [-0.4, -0.2) is 27.3 Å². The summed E-state index contributed by atoms with van der Waals surface area (Å²) < 4.78 is 5.92. The zero-order valence-electron chi connectivity index (χ0n) is 15.4. The number of para-hydroxylation sites is 1. The summed E-state index contributed by atoms with van der Waals surface area (Å²) in [6.45, 7) is 5.29. The van der Waals surface area contributed by atoms with Crippen LogP contribution in [0.1, 0.15) is 30.0 Å². The molecule has 0 spiro atoms. The number of carbonyl (C=O) groups is 1. The van der Waals surface area contributed by atoms with Crippen LogP contribution < -0.4 is 0 Å². The topological polar surface area (TPSA) is 59.2 Å². The third kappa shape index (κ3) is 3.67. The molecule has 0 bridgehead atoms. The summed E-state index contributed by atoms with van der Waals surface area (Å²) in [5, 5.41) is 1.05. The minimum absolute atomic E-state index is 0.0308. The quantitative estimate of drug-likeness (QED) is 0.519. The standard InChI is InChI=1S/C22H21N3O2/c1-15(2)13-25(14-18-11-16-5-3-4-6-21(16)27-18)22(26)17-7-8-19-20(12-17)24-10-9-23-19/h3-12,15H,13-14H2,1-2H3. The number of carbonyl (C=O) groups excluding carboxylic acids is 1. The van der Waals surface area contributed by atoms with Gasteiger partial charge in [-0.25, -0.2) is 0 Å². The molecule has 0 fully saturated rings. The van der Waals surface area contributed by atoms with Gasteiger partial charge in [0.25, 0.3) is 5.91 Å². The smallest absolute Gasteiger partial charge is 0.254 e. The van der Waals surface area contributed by atoms with Gasteiger partial charge in [-0.3, -0.25) is 14.8 Å². The third-order valence-corrected chi connectivity index (χ3v) is 4.41. The van der Waals surface area contributed by atoms with Crippen LogP contribution in [0.15, 0.2) is 65.3 Å². The van der Waals surface area contributed by atoms with Crippen molar-refractivity contribution in [2.75, 3.05) is 6.54 Å². The molecule has 0 aliphatic carbocycles. The number of rotatable bonds is 5. The number of benzene rings is 2. The SMILES string of the molecule is CC(C)CN(Cc1cc2ccccc2o1)C(=O)c1ccc2nccnc2c1. The Labute approximate surface area is 157 Å². The first-order chi connectivity index (χ1) is 13.1. The summed E-state index contributed by atoms with van der Waals surface area (Å²) in [5.74, 6) is 1.10. The zero-order valence-corrected chi connectivity index (χ0v) is 15.4. The van der Waals surface area contributed by atoms with Crippen molar-refractivity contribution in [2.45, 2.75) is 20.4 Å². The van der Waals surface area contributed by atoms with Crippen molar-refractivity contribution in [3.63, 3.8) is 0 Å². The predicted octanol–water partition coefficient (Wildman–Crippen LogP) is 4.67. The second-order valence-electron chi connectivity index (χ2n) is 7.09. The van der Waals surface area contributed by atoms with Gasteiger partial charge in [0.05, 0.1) is 17.6 Å². The summed E-state index contributed by atoms with van der Waals surface area (Å²) in [6, 6.07) is 15.3. The zero-order chi connectivity index (χ0) is 18.8. The minimum atomic E-state index is -0.0308. The van der Waals surface area contributed by atoms with Crippen LogP contribution in [0.5, 0.6) is 0 Å². The molecule has 2 aromatic carbocycles. The van der Waals surface area contributed by atoms with Crippen LogP contribution in [0.25, 0.3) is 22.0 Å². The highest BCUT2D eigenvalue weighted by molar-refractivity contribution is 5.97. The van der Waals surface area contributed by atoms with Gasteiger partial charge in [0.15, 0.2) is 0 Å². The maximum atomic E-state index is 13.2. The lowest BCUT2D eigenvalue weighted by atomic mass is 10.1. The van der Waals surface area contributed by atoms with Crippen molar-refractivity contribution in [1.82, 2.24) is 14.9 Å². The molecule has 0 radical (unpaired) electrons. The first-order valence-corrected chi connectivity index (χ1v) is 9.07. The molecule has 4 rings (SSSR count). The summed E-state index contributed by atoms with van der Waals surface area (Å²) in [6.07, 6.45) is 3.29. The lowest BCUT2D eigenvalue weighted by Crippen LogP contribution is -2.33. The number of amides is 1. The fraction of sp³-hybridized carbons (Fsp3) is 0.227. The number of hydrogen-bond donors (Lipinski definition) is 0. The Balaban J connectivity index is 1.64. The Morgan fingerprint density at radius 1 is 1.04 bits per heavy atom. The van der Waals surface area contributed by atoms with E-state index in [1.165, 1.54) is 0 Å². The first-order valence-electron chi connectivity index (χ1n) is 9.07. The van der Waals surface area contributed by atoms with Crippen molar-refractivity contribution < 1.29 is 9.21 Å². The second-order valence-corrected chi connectivity index (χ2v) is 7.09. The van der Waals surface area contributed by atoms with E-state index in [0.29, 0.717) is 24.6 Å². The average Bonchev–Trinajstić information content (AvgIpc) is 3.08. The summed E-state index contributed by atoms with van der Waals surface area (Å²) in [5.41, 5.74) is 2.95. The van der Waals surface area contributed by atoms with Crippen molar-refractivity contribution in [3.8, 4) is 0 Å². The largest absolute Gasteiger partial charge is 0.459 e. The van der Waals surface area contributed by atoms with E-state index in [4.69, 9.17) is 4.42 Å². The van der Waals surface area contributed by atoms with Gasteiger partial charge in [-0.15, -0.1) is 0 Å². The third-order valence-electron chi connectivity index (χ3n) is 4.41. The fourth-order valence-corrected chi connectivity index (χ4v) is 3.24. The molecule has 1 amide bonds. The van der Waals surface area contributed by atoms with E-state index in [2.05, 4.69) is 23.8 Å². The number of furan rings is 1. The molecule has 27 heavy (non-hydrogen) atoms. The highest BCUT2D eigenvalue weighted by Crippen LogP contribution is 2.22. The number of nitrogens with zero attached hydrogens (tertiary/aromatic N) is 3. The van der Waals surface area contributed by atoms with Crippen LogP contribution in [0.3, 0.4) is 0 Å². The Bertz CT molecular complexity index is 1070. The van der Waals surface area contributed by atoms with E-state index >= 15 is 0 Å². The molecule has 0 atom stereocenters. The van der Waals surface area contributed by atoms with Gasteiger partial charge in [-0.2, -0.15) is 0 Å². The lowest BCUT2D eigenvalue weighted by molar-refractivity contribution is 0.0711. The van der Waals surface area contributed by atoms with Crippen LogP contribution in [-0.2, 0) is 6.54 Å².